The monoisotopic (exact) mass is 408 g/mol. The third-order valence-corrected chi connectivity index (χ3v) is 4.62. The van der Waals surface area contributed by atoms with Crippen LogP contribution in [0.15, 0.2) is 39.4 Å². The maximum atomic E-state index is 12.7. The van der Waals surface area contributed by atoms with Crippen molar-refractivity contribution in [2.75, 3.05) is 12.4 Å². The first-order chi connectivity index (χ1) is 14.2. The number of amidine groups is 1. The number of anilines is 1. The minimum atomic E-state index is -0.637. The van der Waals surface area contributed by atoms with Crippen molar-refractivity contribution in [1.82, 2.24) is 14.8 Å². The topological polar surface area (TPSA) is 147 Å². The van der Waals surface area contributed by atoms with Gasteiger partial charge in [-0.25, -0.2) is 0 Å². The van der Waals surface area contributed by atoms with Crippen LogP contribution in [-0.4, -0.2) is 56.6 Å². The number of carbonyl (C=O) groups excluding carboxylic acids is 2. The van der Waals surface area contributed by atoms with Gasteiger partial charge in [-0.15, -0.1) is 0 Å². The fraction of sp³-hybridized carbons (Fsp3) is 0.222. The molecule has 0 radical (unpaired) electrons. The molecule has 1 aromatic heterocycles. The summed E-state index contributed by atoms with van der Waals surface area (Å²) in [5.74, 6) is -1.04. The number of nitro benzene ring substituents is 1. The van der Waals surface area contributed by atoms with E-state index < -0.39 is 22.7 Å². The average molecular weight is 408 g/mol. The molecule has 12 heteroatoms. The number of nitro groups is 1. The Hall–Kier alpha value is -4.22. The predicted octanol–water partition coefficient (Wildman–Crippen LogP) is 1.35. The lowest BCUT2D eigenvalue weighted by molar-refractivity contribution is -0.385. The largest absolute Gasteiger partial charge is 0.306 e. The molecule has 0 spiro atoms. The van der Waals surface area contributed by atoms with Crippen molar-refractivity contribution in [2.45, 2.75) is 13.8 Å². The number of hydrogen-bond donors (Lipinski definition) is 1. The maximum absolute atomic E-state index is 12.7. The van der Waals surface area contributed by atoms with Crippen molar-refractivity contribution in [3.05, 3.63) is 51.2 Å². The van der Waals surface area contributed by atoms with Crippen molar-refractivity contribution >= 4 is 41.3 Å². The number of aryl methyl sites for hydroxylation is 2. The smallest absolute Gasteiger partial charge is 0.273 e. The summed E-state index contributed by atoms with van der Waals surface area (Å²) in [6.45, 7) is 3.29. The second-order valence-electron chi connectivity index (χ2n) is 6.78. The van der Waals surface area contributed by atoms with Crippen molar-refractivity contribution in [3.8, 4) is 0 Å². The zero-order valence-corrected chi connectivity index (χ0v) is 16.2. The molecule has 1 unspecified atom stereocenters. The van der Waals surface area contributed by atoms with E-state index in [0.29, 0.717) is 17.1 Å². The highest BCUT2D eigenvalue weighted by Crippen LogP contribution is 2.22. The summed E-state index contributed by atoms with van der Waals surface area (Å²) in [6.07, 6.45) is 1.46. The molecule has 1 N–H and O–H groups in total. The highest BCUT2D eigenvalue weighted by molar-refractivity contribution is 6.24. The van der Waals surface area contributed by atoms with Crippen LogP contribution in [0.3, 0.4) is 0 Å². The number of aromatic nitrogens is 2. The molecule has 2 aromatic rings. The number of benzene rings is 1. The molecule has 0 aliphatic carbocycles. The lowest BCUT2D eigenvalue weighted by Crippen LogP contribution is -2.35. The number of rotatable bonds is 3. The molecule has 0 bridgehead atoms. The van der Waals surface area contributed by atoms with Crippen LogP contribution in [-0.2, 0) is 4.79 Å². The zero-order valence-electron chi connectivity index (χ0n) is 16.2. The Bertz CT molecular complexity index is 1190. The van der Waals surface area contributed by atoms with Crippen LogP contribution in [0.5, 0.6) is 0 Å². The van der Waals surface area contributed by atoms with E-state index >= 15 is 0 Å². The van der Waals surface area contributed by atoms with Crippen LogP contribution >= 0.6 is 0 Å². The van der Waals surface area contributed by atoms with Gasteiger partial charge in [-0.05, 0) is 19.9 Å². The number of amides is 2. The molecule has 1 atom stereocenters. The maximum Gasteiger partial charge on any atom is 0.273 e. The van der Waals surface area contributed by atoms with E-state index in [4.69, 9.17) is 0 Å². The van der Waals surface area contributed by atoms with E-state index in [1.165, 1.54) is 34.1 Å². The first-order valence-corrected chi connectivity index (χ1v) is 8.87. The van der Waals surface area contributed by atoms with E-state index in [1.807, 2.05) is 0 Å². The van der Waals surface area contributed by atoms with E-state index in [9.17, 15) is 19.7 Å². The molecule has 152 valence electrons. The van der Waals surface area contributed by atoms with Gasteiger partial charge in [0.2, 0.25) is 0 Å². The summed E-state index contributed by atoms with van der Waals surface area (Å²) in [4.78, 5) is 43.9. The Kier molecular flexibility index (Phi) is 4.45. The average Bonchev–Trinajstić information content (AvgIpc) is 3.24. The highest BCUT2D eigenvalue weighted by Gasteiger charge is 2.35. The van der Waals surface area contributed by atoms with Gasteiger partial charge in [0.25, 0.3) is 23.5 Å². The second kappa shape index (κ2) is 6.99. The minimum Gasteiger partial charge on any atom is -0.306 e. The number of carbonyl (C=O) groups is 2. The van der Waals surface area contributed by atoms with Gasteiger partial charge in [-0.2, -0.15) is 24.9 Å². The van der Waals surface area contributed by atoms with Gasteiger partial charge in [0, 0.05) is 36.5 Å². The highest BCUT2D eigenvalue weighted by atomic mass is 16.6. The van der Waals surface area contributed by atoms with Crippen LogP contribution in [0, 0.1) is 29.9 Å². The predicted molar refractivity (Wildman–Crippen MR) is 108 cm³/mol. The van der Waals surface area contributed by atoms with Crippen LogP contribution < -0.4 is 5.32 Å². The molecule has 0 saturated heterocycles. The van der Waals surface area contributed by atoms with Gasteiger partial charge >= 0.3 is 0 Å². The Labute approximate surface area is 169 Å². The molecule has 1 aromatic carbocycles. The fourth-order valence-electron chi connectivity index (χ4n) is 3.08. The third-order valence-electron chi connectivity index (χ3n) is 4.62. The Balaban J connectivity index is 1.66. The van der Waals surface area contributed by atoms with Crippen LogP contribution in [0.4, 0.5) is 11.5 Å². The Morgan fingerprint density at radius 3 is 2.73 bits per heavy atom. The molecule has 3 heterocycles. The molecule has 2 aliphatic heterocycles. The summed E-state index contributed by atoms with van der Waals surface area (Å²) < 4.78 is 1.24. The van der Waals surface area contributed by atoms with Crippen molar-refractivity contribution < 1.29 is 14.5 Å². The van der Waals surface area contributed by atoms with Gasteiger partial charge in [-0.3, -0.25) is 24.7 Å². The normalized spacial score (nSPS) is 17.5. The minimum absolute atomic E-state index is 0.0121. The van der Waals surface area contributed by atoms with Crippen molar-refractivity contribution in [2.24, 2.45) is 21.0 Å². The number of hydrogen-bond acceptors (Lipinski definition) is 8. The van der Waals surface area contributed by atoms with Crippen LogP contribution in [0.2, 0.25) is 0 Å². The summed E-state index contributed by atoms with van der Waals surface area (Å²) >= 11 is 0. The number of hydrazone groups is 1. The second-order valence-corrected chi connectivity index (χ2v) is 6.78. The fourth-order valence-corrected chi connectivity index (χ4v) is 3.08. The molecule has 4 rings (SSSR count). The molecular formula is C18H16N8O4. The lowest BCUT2D eigenvalue weighted by Gasteiger charge is -2.17. The van der Waals surface area contributed by atoms with E-state index in [1.54, 1.807) is 27.0 Å². The third kappa shape index (κ3) is 3.23. The van der Waals surface area contributed by atoms with Crippen molar-refractivity contribution in [3.63, 3.8) is 0 Å². The first kappa shape index (κ1) is 19.1. The number of fused-ring (bicyclic) bond motifs is 1. The summed E-state index contributed by atoms with van der Waals surface area (Å²) in [6, 6.07) is 5.77. The van der Waals surface area contributed by atoms with Gasteiger partial charge in [-0.1, -0.05) is 6.07 Å². The lowest BCUT2D eigenvalue weighted by atomic mass is 10.1. The van der Waals surface area contributed by atoms with E-state index in [-0.39, 0.29) is 23.0 Å². The molecule has 30 heavy (non-hydrogen) atoms. The standard InChI is InChI=1S/C18H16N8O4/c1-9-4-5-11(7-13(9)26(29)30)16(27)20-14-6-10(2)23-25(14)18-21-15-12(17(28)22-18)8-19-24(15)3/h4-8,12H,1-3H3,(H,20,27). The number of nitrogens with zero attached hydrogens (tertiary/aromatic N) is 7. The molecule has 2 amide bonds. The van der Waals surface area contributed by atoms with Crippen LogP contribution in [0.25, 0.3) is 0 Å². The summed E-state index contributed by atoms with van der Waals surface area (Å²) in [7, 11) is 1.66. The SMILES string of the molecule is Cc1cc(NC(=O)c2ccc(C)c([N+](=O)[O-])c2)n(C2=NC(=O)C3C=NN(C)C3=N2)n1. The molecule has 0 saturated carbocycles. The number of nitrogens with one attached hydrogen (secondary N) is 1. The van der Waals surface area contributed by atoms with Crippen LogP contribution in [0.1, 0.15) is 21.6 Å². The van der Waals surface area contributed by atoms with Crippen molar-refractivity contribution in [1.29, 1.82) is 0 Å². The Morgan fingerprint density at radius 2 is 2.00 bits per heavy atom. The van der Waals surface area contributed by atoms with Gasteiger partial charge < -0.3 is 5.32 Å². The van der Waals surface area contributed by atoms with Gasteiger partial charge in [0.05, 0.1) is 10.6 Å². The quantitative estimate of drug-likeness (QED) is 0.599. The van der Waals surface area contributed by atoms with E-state index in [0.717, 1.165) is 0 Å². The van der Waals surface area contributed by atoms with E-state index in [2.05, 4.69) is 25.5 Å². The molecule has 12 nitrogen and oxygen atoms in total. The number of aliphatic imine (C=N–C) groups is 2. The first-order valence-electron chi connectivity index (χ1n) is 8.87. The summed E-state index contributed by atoms with van der Waals surface area (Å²) in [5.41, 5.74) is 0.945. The zero-order chi connectivity index (χ0) is 21.6. The van der Waals surface area contributed by atoms with Gasteiger partial charge in [0.15, 0.2) is 0 Å². The Morgan fingerprint density at radius 1 is 1.23 bits per heavy atom. The van der Waals surface area contributed by atoms with Gasteiger partial charge in [0.1, 0.15) is 17.6 Å². The molecule has 2 aliphatic rings. The molecular weight excluding hydrogens is 392 g/mol. The molecule has 0 fully saturated rings. The summed E-state index contributed by atoms with van der Waals surface area (Å²) in [5, 5.41) is 23.6.